The van der Waals surface area contributed by atoms with E-state index in [4.69, 9.17) is 4.43 Å². The maximum atomic E-state index is 12.1. The molecule has 0 unspecified atom stereocenters. The van der Waals surface area contributed by atoms with Gasteiger partial charge in [-0.25, -0.2) is 0 Å². The molecule has 0 saturated heterocycles. The van der Waals surface area contributed by atoms with Crippen molar-refractivity contribution in [3.63, 3.8) is 0 Å². The van der Waals surface area contributed by atoms with Crippen LogP contribution in [0.3, 0.4) is 0 Å². The Morgan fingerprint density at radius 2 is 2.06 bits per heavy atom. The van der Waals surface area contributed by atoms with Crippen molar-refractivity contribution in [1.82, 2.24) is 4.90 Å². The van der Waals surface area contributed by atoms with Gasteiger partial charge in [0.15, 0.2) is 14.1 Å². The molecule has 4 heteroatoms. The van der Waals surface area contributed by atoms with Crippen molar-refractivity contribution >= 4 is 14.1 Å². The van der Waals surface area contributed by atoms with Crippen LogP contribution in [0.1, 0.15) is 20.8 Å². The number of rotatable bonds is 2. The highest BCUT2D eigenvalue weighted by atomic mass is 28.4. The molecular weight excluding hydrogens is 242 g/mol. The molecule has 0 radical (unpaired) electrons. The van der Waals surface area contributed by atoms with Gasteiger partial charge in [-0.05, 0) is 24.2 Å². The van der Waals surface area contributed by atoms with Gasteiger partial charge in [-0.3, -0.25) is 4.79 Å². The zero-order valence-corrected chi connectivity index (χ0v) is 12.9. The second-order valence-corrected chi connectivity index (χ2v) is 11.4. The molecule has 3 nitrogen and oxygen atoms in total. The lowest BCUT2D eigenvalue weighted by atomic mass is 10.0. The van der Waals surface area contributed by atoms with E-state index < -0.39 is 8.32 Å². The quantitative estimate of drug-likeness (QED) is 0.568. The van der Waals surface area contributed by atoms with Crippen LogP contribution in [0.15, 0.2) is 24.4 Å². The molecule has 0 spiro atoms. The molecule has 0 fully saturated rings. The van der Waals surface area contributed by atoms with E-state index in [1.807, 2.05) is 6.20 Å². The lowest BCUT2D eigenvalue weighted by molar-refractivity contribution is -0.124. The SMILES string of the molecule is CC(C)(C)[Si](C)(C)O[C@@H]1C(=O)C=CN2CC=C[C@H]12. The summed E-state index contributed by atoms with van der Waals surface area (Å²) in [6, 6.07) is 0.0941. The predicted octanol–water partition coefficient (Wildman–Crippen LogP) is 2.71. The third-order valence-electron chi connectivity index (χ3n) is 4.28. The Labute approximate surface area is 111 Å². The van der Waals surface area contributed by atoms with E-state index in [-0.39, 0.29) is 23.0 Å². The number of carbonyl (C=O) groups excluding carboxylic acids is 1. The average Bonchev–Trinajstić information content (AvgIpc) is 2.68. The van der Waals surface area contributed by atoms with E-state index >= 15 is 0 Å². The number of nitrogens with zero attached hydrogens (tertiary/aromatic N) is 1. The minimum atomic E-state index is -1.91. The Hall–Kier alpha value is -0.873. The summed E-state index contributed by atoms with van der Waals surface area (Å²) in [6.45, 7) is 11.9. The number of hydrogen-bond acceptors (Lipinski definition) is 3. The molecule has 0 aromatic carbocycles. The summed E-state index contributed by atoms with van der Waals surface area (Å²) >= 11 is 0. The molecule has 0 N–H and O–H groups in total. The van der Waals surface area contributed by atoms with E-state index in [1.54, 1.807) is 6.08 Å². The Kier molecular flexibility index (Phi) is 3.28. The Balaban J connectivity index is 2.20. The monoisotopic (exact) mass is 265 g/mol. The second kappa shape index (κ2) is 4.35. The fraction of sp³-hybridized carbons (Fsp3) is 0.643. The first-order valence-electron chi connectivity index (χ1n) is 6.55. The highest BCUT2D eigenvalue weighted by Crippen LogP contribution is 2.38. The molecule has 0 amide bonds. The third kappa shape index (κ3) is 2.31. The minimum absolute atomic E-state index is 0.0941. The van der Waals surface area contributed by atoms with Crippen LogP contribution in [-0.2, 0) is 9.22 Å². The highest BCUT2D eigenvalue weighted by molar-refractivity contribution is 6.74. The van der Waals surface area contributed by atoms with Gasteiger partial charge in [0.25, 0.3) is 0 Å². The lowest BCUT2D eigenvalue weighted by Gasteiger charge is -2.42. The summed E-state index contributed by atoms with van der Waals surface area (Å²) in [4.78, 5) is 14.3. The molecule has 2 heterocycles. The van der Waals surface area contributed by atoms with Crippen molar-refractivity contribution in [3.8, 4) is 0 Å². The number of fused-ring (bicyclic) bond motifs is 1. The van der Waals surface area contributed by atoms with E-state index in [2.05, 4.69) is 50.9 Å². The molecule has 2 aliphatic rings. The van der Waals surface area contributed by atoms with E-state index in [0.29, 0.717) is 0 Å². The topological polar surface area (TPSA) is 29.5 Å². The Bertz CT molecular complexity index is 407. The molecule has 0 bridgehead atoms. The van der Waals surface area contributed by atoms with Crippen LogP contribution in [0.4, 0.5) is 0 Å². The Morgan fingerprint density at radius 3 is 2.67 bits per heavy atom. The molecule has 2 aliphatic heterocycles. The van der Waals surface area contributed by atoms with E-state index in [0.717, 1.165) is 6.54 Å². The molecular formula is C14H23NO2Si. The summed E-state index contributed by atoms with van der Waals surface area (Å²) in [5.74, 6) is 0.104. The first-order chi connectivity index (χ1) is 8.22. The first-order valence-corrected chi connectivity index (χ1v) is 9.45. The first kappa shape index (κ1) is 13.6. The van der Waals surface area contributed by atoms with Gasteiger partial charge in [-0.1, -0.05) is 32.9 Å². The summed E-state index contributed by atoms with van der Waals surface area (Å²) in [5, 5.41) is 0.127. The highest BCUT2D eigenvalue weighted by Gasteiger charge is 2.44. The largest absolute Gasteiger partial charge is 0.404 e. The van der Waals surface area contributed by atoms with E-state index in [9.17, 15) is 4.79 Å². The van der Waals surface area contributed by atoms with Gasteiger partial charge in [0.05, 0.1) is 6.04 Å². The maximum absolute atomic E-state index is 12.1. The second-order valence-electron chi connectivity index (χ2n) is 6.63. The van der Waals surface area contributed by atoms with Crippen LogP contribution in [-0.4, -0.2) is 37.7 Å². The lowest BCUT2D eigenvalue weighted by Crippen LogP contribution is -2.53. The van der Waals surface area contributed by atoms with Crippen molar-refractivity contribution in [2.24, 2.45) is 0 Å². The number of carbonyl (C=O) groups is 1. The van der Waals surface area contributed by atoms with Crippen LogP contribution in [0.2, 0.25) is 18.1 Å². The Morgan fingerprint density at radius 1 is 1.39 bits per heavy atom. The van der Waals surface area contributed by atoms with Crippen LogP contribution < -0.4 is 0 Å². The van der Waals surface area contributed by atoms with Gasteiger partial charge in [0.2, 0.25) is 0 Å². The van der Waals surface area contributed by atoms with Crippen molar-refractivity contribution < 1.29 is 9.22 Å². The molecule has 18 heavy (non-hydrogen) atoms. The standard InChI is InChI=1S/C14H23NO2Si/c1-14(2,3)18(4,5)17-13-11-7-6-9-15(11)10-8-12(13)16/h6-8,10-11,13H,9H2,1-5H3/t11-,13+/m1/s1. The molecule has 0 aromatic rings. The fourth-order valence-electron chi connectivity index (χ4n) is 2.04. The van der Waals surface area contributed by atoms with Crippen LogP contribution >= 0.6 is 0 Å². The fourth-order valence-corrected chi connectivity index (χ4v) is 3.29. The van der Waals surface area contributed by atoms with Gasteiger partial charge in [-0.2, -0.15) is 0 Å². The summed E-state index contributed by atoms with van der Waals surface area (Å²) in [7, 11) is -1.91. The molecule has 100 valence electrons. The minimum Gasteiger partial charge on any atom is -0.404 e. The van der Waals surface area contributed by atoms with Gasteiger partial charge in [0.1, 0.15) is 6.10 Å². The average molecular weight is 265 g/mol. The van der Waals surface area contributed by atoms with Gasteiger partial charge in [-0.15, -0.1) is 0 Å². The zero-order valence-electron chi connectivity index (χ0n) is 11.9. The molecule has 2 atom stereocenters. The smallest absolute Gasteiger partial charge is 0.193 e. The normalized spacial score (nSPS) is 27.8. The summed E-state index contributed by atoms with van der Waals surface area (Å²) < 4.78 is 6.31. The van der Waals surface area contributed by atoms with E-state index in [1.165, 1.54) is 0 Å². The molecule has 2 rings (SSSR count). The molecule has 0 saturated carbocycles. The van der Waals surface area contributed by atoms with Crippen LogP contribution in [0.5, 0.6) is 0 Å². The molecule has 0 aliphatic carbocycles. The van der Waals surface area contributed by atoms with Crippen LogP contribution in [0.25, 0.3) is 0 Å². The third-order valence-corrected chi connectivity index (χ3v) is 8.74. The van der Waals surface area contributed by atoms with Gasteiger partial charge < -0.3 is 9.33 Å². The zero-order chi connectivity index (χ0) is 13.6. The summed E-state index contributed by atoms with van der Waals surface area (Å²) in [5.41, 5.74) is 0. The van der Waals surface area contributed by atoms with Crippen molar-refractivity contribution in [3.05, 3.63) is 24.4 Å². The molecule has 0 aromatic heterocycles. The predicted molar refractivity (Wildman–Crippen MR) is 75.9 cm³/mol. The van der Waals surface area contributed by atoms with Crippen molar-refractivity contribution in [1.29, 1.82) is 0 Å². The summed E-state index contributed by atoms with van der Waals surface area (Å²) in [6.07, 6.45) is 7.42. The van der Waals surface area contributed by atoms with Crippen LogP contribution in [0, 0.1) is 0 Å². The number of hydrogen-bond donors (Lipinski definition) is 0. The van der Waals surface area contributed by atoms with Crippen molar-refractivity contribution in [2.45, 2.75) is 51.0 Å². The van der Waals surface area contributed by atoms with Gasteiger partial charge in [0, 0.05) is 12.7 Å². The number of ketones is 1. The van der Waals surface area contributed by atoms with Crippen molar-refractivity contribution in [2.75, 3.05) is 6.54 Å². The van der Waals surface area contributed by atoms with Gasteiger partial charge >= 0.3 is 0 Å². The maximum Gasteiger partial charge on any atom is 0.193 e.